The van der Waals surface area contributed by atoms with Crippen molar-refractivity contribution < 1.29 is 19.0 Å². The molecule has 168 valence electrons. The van der Waals surface area contributed by atoms with E-state index in [1.54, 1.807) is 18.3 Å². The molecule has 0 amide bonds. The molecule has 2 aromatic carbocycles. The lowest BCUT2D eigenvalue weighted by molar-refractivity contribution is 0.0712. The van der Waals surface area contributed by atoms with Crippen molar-refractivity contribution in [1.82, 2.24) is 0 Å². The lowest BCUT2D eigenvalue weighted by Gasteiger charge is -2.13. The van der Waals surface area contributed by atoms with Gasteiger partial charge in [0, 0.05) is 12.1 Å². The van der Waals surface area contributed by atoms with Gasteiger partial charge in [-0.3, -0.25) is 0 Å². The molecule has 5 nitrogen and oxygen atoms in total. The van der Waals surface area contributed by atoms with E-state index in [0.717, 1.165) is 12.0 Å². The highest BCUT2D eigenvalue weighted by molar-refractivity contribution is 6.55. The molecule has 0 saturated heterocycles. The normalized spacial score (nSPS) is 11.8. The number of benzene rings is 2. The summed E-state index contributed by atoms with van der Waals surface area (Å²) in [6, 6.07) is 10.7. The Morgan fingerprint density at radius 2 is 1.61 bits per heavy atom. The van der Waals surface area contributed by atoms with Crippen LogP contribution in [-0.2, 0) is 4.84 Å². The highest BCUT2D eigenvalue weighted by Crippen LogP contribution is 2.37. The number of ether oxygens (including phenoxy) is 3. The van der Waals surface area contributed by atoms with Crippen LogP contribution in [0.1, 0.15) is 25.8 Å². The van der Waals surface area contributed by atoms with Crippen molar-refractivity contribution in [3.8, 4) is 17.2 Å². The molecule has 0 bridgehead atoms. The second-order valence-electron chi connectivity index (χ2n) is 6.35. The number of oxime groups is 1. The Bertz CT molecular complexity index is 861. The van der Waals surface area contributed by atoms with Gasteiger partial charge in [0.05, 0.1) is 16.3 Å². The third kappa shape index (κ3) is 9.48. The van der Waals surface area contributed by atoms with Crippen LogP contribution in [0.5, 0.6) is 17.2 Å². The van der Waals surface area contributed by atoms with E-state index in [9.17, 15) is 0 Å². The molecule has 1 unspecified atom stereocenters. The second kappa shape index (κ2) is 13.6. The van der Waals surface area contributed by atoms with Crippen LogP contribution in [0.15, 0.2) is 52.1 Å². The van der Waals surface area contributed by atoms with E-state index >= 15 is 0 Å². The number of halogens is 4. The molecule has 0 spiro atoms. The van der Waals surface area contributed by atoms with Crippen molar-refractivity contribution in [2.75, 3.05) is 19.8 Å². The molecule has 2 rings (SSSR count). The molecule has 0 aliphatic carbocycles. The SMILES string of the molecule is CCC(C)ON=Cc1ccc(OCCOc2c(Cl)cc(OCC=C(Cl)Cl)cc2Cl)cc1. The first-order chi connectivity index (χ1) is 14.9. The molecule has 0 heterocycles. The predicted molar refractivity (Wildman–Crippen MR) is 128 cm³/mol. The molecule has 1 atom stereocenters. The fraction of sp³-hybridized carbons (Fsp3) is 0.318. The molecule has 0 saturated carbocycles. The predicted octanol–water partition coefficient (Wildman–Crippen LogP) is 7.30. The Hall–Kier alpha value is -1.79. The number of nitrogens with zero attached hydrogens (tertiary/aromatic N) is 1. The van der Waals surface area contributed by atoms with Crippen molar-refractivity contribution in [3.05, 3.63) is 62.6 Å². The van der Waals surface area contributed by atoms with Crippen molar-refractivity contribution in [2.45, 2.75) is 26.4 Å². The summed E-state index contributed by atoms with van der Waals surface area (Å²) in [4.78, 5) is 5.28. The molecule has 0 aliphatic heterocycles. The van der Waals surface area contributed by atoms with Crippen LogP contribution >= 0.6 is 46.4 Å². The minimum atomic E-state index is 0.0942. The zero-order valence-electron chi connectivity index (χ0n) is 17.1. The Morgan fingerprint density at radius 1 is 0.968 bits per heavy atom. The van der Waals surface area contributed by atoms with Crippen LogP contribution in [0.4, 0.5) is 0 Å². The fourth-order valence-electron chi connectivity index (χ4n) is 2.18. The van der Waals surface area contributed by atoms with Crippen molar-refractivity contribution in [2.24, 2.45) is 5.16 Å². The highest BCUT2D eigenvalue weighted by Gasteiger charge is 2.11. The summed E-state index contributed by atoms with van der Waals surface area (Å²) < 4.78 is 16.9. The van der Waals surface area contributed by atoms with Gasteiger partial charge in [-0.2, -0.15) is 0 Å². The maximum absolute atomic E-state index is 6.24. The fourth-order valence-corrected chi connectivity index (χ4v) is 2.88. The van der Waals surface area contributed by atoms with Gasteiger partial charge in [0.25, 0.3) is 0 Å². The van der Waals surface area contributed by atoms with Gasteiger partial charge in [-0.15, -0.1) is 0 Å². The van der Waals surface area contributed by atoms with E-state index in [2.05, 4.69) is 5.16 Å². The van der Waals surface area contributed by atoms with Crippen LogP contribution in [-0.4, -0.2) is 32.1 Å². The van der Waals surface area contributed by atoms with Gasteiger partial charge in [-0.05, 0) is 49.2 Å². The van der Waals surface area contributed by atoms with Gasteiger partial charge in [-0.1, -0.05) is 58.5 Å². The zero-order valence-corrected chi connectivity index (χ0v) is 20.1. The smallest absolute Gasteiger partial charge is 0.156 e. The summed E-state index contributed by atoms with van der Waals surface area (Å²) in [6.07, 6.45) is 4.17. The minimum absolute atomic E-state index is 0.0942. The molecule has 0 N–H and O–H groups in total. The van der Waals surface area contributed by atoms with Crippen LogP contribution < -0.4 is 14.2 Å². The standard InChI is InChI=1S/C22H23Cl4NO4/c1-3-15(2)31-27-14-16-4-6-17(7-5-16)29-10-11-30-22-19(23)12-18(13-20(22)24)28-9-8-21(25)26/h4-8,12-15H,3,9-11H2,1-2H3. The second-order valence-corrected chi connectivity index (χ2v) is 8.17. The molecule has 2 aromatic rings. The van der Waals surface area contributed by atoms with E-state index in [1.165, 1.54) is 6.08 Å². The van der Waals surface area contributed by atoms with E-state index in [4.69, 9.17) is 65.5 Å². The molecule has 0 radical (unpaired) electrons. The Labute approximate surface area is 202 Å². The quantitative estimate of drug-likeness (QED) is 0.172. The van der Waals surface area contributed by atoms with Gasteiger partial charge in [-0.25, -0.2) is 0 Å². The molecule has 31 heavy (non-hydrogen) atoms. The van der Waals surface area contributed by atoms with Crippen molar-refractivity contribution in [1.29, 1.82) is 0 Å². The topological polar surface area (TPSA) is 49.3 Å². The Balaban J connectivity index is 1.80. The van der Waals surface area contributed by atoms with E-state index < -0.39 is 0 Å². The first kappa shape index (κ1) is 25.5. The largest absolute Gasteiger partial charge is 0.490 e. The van der Waals surface area contributed by atoms with E-state index in [-0.39, 0.29) is 23.8 Å². The first-order valence-electron chi connectivity index (χ1n) is 9.57. The maximum atomic E-state index is 6.24. The first-order valence-corrected chi connectivity index (χ1v) is 11.1. The lowest BCUT2D eigenvalue weighted by Crippen LogP contribution is -2.09. The molecule has 9 heteroatoms. The minimum Gasteiger partial charge on any atom is -0.490 e. The average molecular weight is 507 g/mol. The molecule has 0 fully saturated rings. The average Bonchev–Trinajstić information content (AvgIpc) is 2.73. The molecule has 0 aliphatic rings. The summed E-state index contributed by atoms with van der Waals surface area (Å²) in [5.74, 6) is 1.54. The highest BCUT2D eigenvalue weighted by atomic mass is 35.5. The zero-order chi connectivity index (χ0) is 22.6. The third-order valence-corrected chi connectivity index (χ3v) is 4.83. The Kier molecular flexibility index (Phi) is 11.2. The van der Waals surface area contributed by atoms with Crippen molar-refractivity contribution >= 4 is 52.6 Å². The monoisotopic (exact) mass is 505 g/mol. The summed E-state index contributed by atoms with van der Waals surface area (Å²) in [5.41, 5.74) is 0.914. The number of hydrogen-bond acceptors (Lipinski definition) is 5. The van der Waals surface area contributed by atoms with E-state index in [0.29, 0.717) is 33.9 Å². The lowest BCUT2D eigenvalue weighted by atomic mass is 10.2. The van der Waals surface area contributed by atoms with Crippen LogP contribution in [0.3, 0.4) is 0 Å². The summed E-state index contributed by atoms with van der Waals surface area (Å²) >= 11 is 23.6. The van der Waals surface area contributed by atoms with Crippen LogP contribution in [0, 0.1) is 0 Å². The molecule has 0 aromatic heterocycles. The van der Waals surface area contributed by atoms with Gasteiger partial charge in [0.15, 0.2) is 5.75 Å². The molecular weight excluding hydrogens is 484 g/mol. The number of hydrogen-bond donors (Lipinski definition) is 0. The maximum Gasteiger partial charge on any atom is 0.156 e. The summed E-state index contributed by atoms with van der Waals surface area (Å²) in [5, 5.41) is 4.61. The van der Waals surface area contributed by atoms with Crippen LogP contribution in [0.2, 0.25) is 10.0 Å². The van der Waals surface area contributed by atoms with Gasteiger partial charge in [0.2, 0.25) is 0 Å². The van der Waals surface area contributed by atoms with Crippen LogP contribution in [0.25, 0.3) is 0 Å². The number of rotatable bonds is 12. The summed E-state index contributed by atoms with van der Waals surface area (Å²) in [6.45, 7) is 4.78. The van der Waals surface area contributed by atoms with Gasteiger partial charge in [0.1, 0.15) is 41.9 Å². The van der Waals surface area contributed by atoms with Crippen molar-refractivity contribution in [3.63, 3.8) is 0 Å². The van der Waals surface area contributed by atoms with Gasteiger partial charge >= 0.3 is 0 Å². The van der Waals surface area contributed by atoms with E-state index in [1.807, 2.05) is 38.1 Å². The molecular formula is C22H23Cl4NO4. The summed E-state index contributed by atoms with van der Waals surface area (Å²) in [7, 11) is 0. The Morgan fingerprint density at radius 3 is 2.23 bits per heavy atom. The third-order valence-electron chi connectivity index (χ3n) is 3.96. The van der Waals surface area contributed by atoms with Gasteiger partial charge < -0.3 is 19.0 Å².